The summed E-state index contributed by atoms with van der Waals surface area (Å²) in [6.45, 7) is 0. The van der Waals surface area contributed by atoms with Crippen molar-refractivity contribution < 1.29 is 77.8 Å². The summed E-state index contributed by atoms with van der Waals surface area (Å²) in [6, 6.07) is 13.3. The van der Waals surface area contributed by atoms with E-state index in [2.05, 4.69) is 20.5 Å². The predicted molar refractivity (Wildman–Crippen MR) is 226 cm³/mol. The average molecular weight is 999 g/mol. The van der Waals surface area contributed by atoms with E-state index >= 15 is 0 Å². The van der Waals surface area contributed by atoms with Crippen LogP contribution in [0.5, 0.6) is 0 Å². The Morgan fingerprint density at radius 3 is 1.19 bits per heavy atom. The minimum atomic E-state index is -5.14. The molecule has 6 aromatic carbocycles. The predicted octanol–water partition coefficient (Wildman–Crippen LogP) is 5.64. The number of hydrogen-bond donors (Lipinski definition) is 8. The number of fused-ring (bicyclic) bond motifs is 2. The monoisotopic (exact) mass is 998 g/mol. The highest BCUT2D eigenvalue weighted by atomic mass is 32.2. The van der Waals surface area contributed by atoms with Crippen molar-refractivity contribution in [3.8, 4) is 0 Å². The molecule has 0 fully saturated rings. The van der Waals surface area contributed by atoms with E-state index in [1.54, 1.807) is 0 Å². The lowest BCUT2D eigenvalue weighted by Crippen LogP contribution is -2.04. The fraction of sp³-hybridized carbons (Fsp3) is 0. The summed E-state index contributed by atoms with van der Waals surface area (Å²) >= 11 is 0. The van der Waals surface area contributed by atoms with Gasteiger partial charge >= 0.3 is 0 Å². The van der Waals surface area contributed by atoms with Gasteiger partial charge in [0.2, 0.25) is 0 Å². The Morgan fingerprint density at radius 2 is 0.766 bits per heavy atom. The minimum Gasteiger partial charge on any atom is -0.396 e. The standard InChI is InChI=1S/C34H26N6O18S6/c35-31-30(64(56,57)58)13-20-11-23(59(41,42)43)9-10-25(20)33(31)39-37-21-6-3-17(27(14-21)61(47,48)49)1-2-18-4-7-22(15-28(18)62(50,51)52)38-40-34-26-16-24(60(44,45)46)8-5-19(26)12-29(32(34)36)63(53,54)55/h1-16H,35-36H2,(H,41,42,43)(H,44,45,46)(H,47,48,49)(H,50,51,52)(H,53,54,55)(H,56,57,58)/b2-1+,39-37?,40-38?. The van der Waals surface area contributed by atoms with Crippen molar-refractivity contribution in [2.45, 2.75) is 29.4 Å². The van der Waals surface area contributed by atoms with Crippen LogP contribution in [0, 0.1) is 0 Å². The van der Waals surface area contributed by atoms with Crippen molar-refractivity contribution in [2.24, 2.45) is 20.5 Å². The van der Waals surface area contributed by atoms with Gasteiger partial charge in [-0.15, -0.1) is 10.2 Å². The number of rotatable bonds is 12. The van der Waals surface area contributed by atoms with Gasteiger partial charge in [-0.1, -0.05) is 36.4 Å². The number of nitrogens with zero attached hydrogens (tertiary/aromatic N) is 4. The molecule has 0 radical (unpaired) electrons. The highest BCUT2D eigenvalue weighted by Crippen LogP contribution is 2.41. The number of nitrogens with two attached hydrogens (primary N) is 2. The Labute approximate surface area is 361 Å². The highest BCUT2D eigenvalue weighted by molar-refractivity contribution is 7.87. The topological polar surface area (TPSA) is 428 Å². The van der Waals surface area contributed by atoms with Gasteiger partial charge in [-0.3, -0.25) is 27.3 Å². The first-order chi connectivity index (χ1) is 29.3. The van der Waals surface area contributed by atoms with E-state index in [9.17, 15) is 77.8 Å². The van der Waals surface area contributed by atoms with E-state index in [0.717, 1.165) is 97.1 Å². The number of azo groups is 2. The third-order valence-electron chi connectivity index (χ3n) is 8.85. The summed E-state index contributed by atoms with van der Waals surface area (Å²) in [4.78, 5) is -4.84. The second kappa shape index (κ2) is 16.4. The van der Waals surface area contributed by atoms with Gasteiger partial charge in [0.1, 0.15) is 31.0 Å². The smallest absolute Gasteiger partial charge is 0.296 e. The zero-order chi connectivity index (χ0) is 47.5. The molecule has 0 aliphatic heterocycles. The molecule has 6 aromatic rings. The first-order valence-electron chi connectivity index (χ1n) is 16.7. The van der Waals surface area contributed by atoms with Crippen LogP contribution in [0.2, 0.25) is 0 Å². The molecule has 0 bridgehead atoms. The van der Waals surface area contributed by atoms with Crippen molar-refractivity contribution in [1.29, 1.82) is 0 Å². The van der Waals surface area contributed by atoms with Crippen molar-refractivity contribution in [3.05, 3.63) is 96.1 Å². The Balaban J connectivity index is 1.40. The minimum absolute atomic E-state index is 0.0454. The molecule has 0 amide bonds. The van der Waals surface area contributed by atoms with Gasteiger partial charge in [0, 0.05) is 10.8 Å². The van der Waals surface area contributed by atoms with Gasteiger partial charge in [-0.2, -0.15) is 60.7 Å². The molecule has 24 nitrogen and oxygen atoms in total. The lowest BCUT2D eigenvalue weighted by atomic mass is 10.1. The molecule has 0 spiro atoms. The first kappa shape index (κ1) is 47.3. The van der Waals surface area contributed by atoms with Crippen LogP contribution in [-0.2, 0) is 60.7 Å². The molecule has 0 saturated carbocycles. The van der Waals surface area contributed by atoms with Crippen LogP contribution in [0.4, 0.5) is 34.1 Å². The SMILES string of the molecule is Nc1c(S(=O)(=O)O)cc2cc(S(=O)(=O)O)ccc2c1N=Nc1ccc(/C=C/c2ccc(N=Nc3c(N)c(S(=O)(=O)O)cc4ccc(S(=O)(=O)O)cc34)cc2S(=O)(=O)O)c(S(=O)(=O)O)c1. The Bertz CT molecular complexity index is 3800. The molecule has 0 aromatic heterocycles. The quantitative estimate of drug-likeness (QED) is 0.0318. The van der Waals surface area contributed by atoms with Crippen molar-refractivity contribution in [1.82, 2.24) is 0 Å². The molecule has 336 valence electrons. The molecular weight excluding hydrogens is 973 g/mol. The molecule has 0 saturated heterocycles. The lowest BCUT2D eigenvalue weighted by molar-refractivity contribution is 0.480. The maximum Gasteiger partial charge on any atom is 0.296 e. The number of anilines is 2. The van der Waals surface area contributed by atoms with E-state index < -0.39 is 113 Å². The molecule has 64 heavy (non-hydrogen) atoms. The maximum absolute atomic E-state index is 12.5. The van der Waals surface area contributed by atoms with Crippen LogP contribution in [0.15, 0.2) is 135 Å². The average Bonchev–Trinajstić information content (AvgIpc) is 3.16. The summed E-state index contributed by atoms with van der Waals surface area (Å²) in [7, 11) is -29.9. The molecule has 10 N–H and O–H groups in total. The fourth-order valence-electron chi connectivity index (χ4n) is 5.95. The third kappa shape index (κ3) is 10.1. The largest absolute Gasteiger partial charge is 0.396 e. The van der Waals surface area contributed by atoms with Gasteiger partial charge < -0.3 is 11.5 Å². The van der Waals surface area contributed by atoms with Crippen LogP contribution >= 0.6 is 0 Å². The third-order valence-corrected chi connectivity index (χ3v) is 14.2. The maximum atomic E-state index is 12.5. The molecule has 0 unspecified atom stereocenters. The number of nitrogen functional groups attached to an aromatic ring is 2. The molecule has 0 aliphatic carbocycles. The van der Waals surface area contributed by atoms with Crippen LogP contribution in [0.1, 0.15) is 11.1 Å². The summed E-state index contributed by atoms with van der Waals surface area (Å²) in [5.74, 6) is 0. The van der Waals surface area contributed by atoms with Crippen LogP contribution in [-0.4, -0.2) is 77.8 Å². The van der Waals surface area contributed by atoms with Crippen LogP contribution < -0.4 is 11.5 Å². The van der Waals surface area contributed by atoms with Gasteiger partial charge in [0.25, 0.3) is 60.7 Å². The Kier molecular flexibility index (Phi) is 12.2. The fourth-order valence-corrected chi connectivity index (χ4v) is 9.69. The van der Waals surface area contributed by atoms with Gasteiger partial charge in [-0.25, -0.2) is 0 Å². The molecule has 0 aliphatic rings. The van der Waals surface area contributed by atoms with Crippen molar-refractivity contribution in [2.75, 3.05) is 11.5 Å². The second-order valence-electron chi connectivity index (χ2n) is 13.1. The zero-order valence-electron chi connectivity index (χ0n) is 31.2. The van der Waals surface area contributed by atoms with Crippen LogP contribution in [0.25, 0.3) is 33.7 Å². The van der Waals surface area contributed by atoms with Gasteiger partial charge in [0.05, 0.1) is 32.5 Å². The lowest BCUT2D eigenvalue weighted by Gasteiger charge is -2.11. The summed E-state index contributed by atoms with van der Waals surface area (Å²) in [5, 5.41) is 14.9. The van der Waals surface area contributed by atoms with E-state index in [0.29, 0.717) is 0 Å². The van der Waals surface area contributed by atoms with E-state index in [1.807, 2.05) is 0 Å². The van der Waals surface area contributed by atoms with Gasteiger partial charge in [0.15, 0.2) is 0 Å². The number of hydrogen-bond acceptors (Lipinski definition) is 18. The van der Waals surface area contributed by atoms with Gasteiger partial charge in [-0.05, 0) is 82.6 Å². The molecule has 0 atom stereocenters. The molecule has 0 heterocycles. The van der Waals surface area contributed by atoms with Crippen molar-refractivity contribution in [3.63, 3.8) is 0 Å². The summed E-state index contributed by atoms with van der Waals surface area (Å²) in [5.41, 5.74) is 8.19. The first-order valence-corrected chi connectivity index (χ1v) is 25.3. The number of benzene rings is 6. The normalized spacial score (nSPS) is 13.5. The molecule has 6 rings (SSSR count). The highest BCUT2D eigenvalue weighted by Gasteiger charge is 2.24. The van der Waals surface area contributed by atoms with E-state index in [1.165, 1.54) is 0 Å². The second-order valence-corrected chi connectivity index (χ2v) is 21.5. The van der Waals surface area contributed by atoms with Crippen LogP contribution in [0.3, 0.4) is 0 Å². The molecule has 30 heteroatoms. The van der Waals surface area contributed by atoms with E-state index in [4.69, 9.17) is 11.5 Å². The Morgan fingerprint density at radius 1 is 0.375 bits per heavy atom. The van der Waals surface area contributed by atoms with Crippen molar-refractivity contribution >= 4 is 129 Å². The van der Waals surface area contributed by atoms with E-state index in [-0.39, 0.29) is 44.0 Å². The summed E-state index contributed by atoms with van der Waals surface area (Å²) < 4.78 is 204. The summed E-state index contributed by atoms with van der Waals surface area (Å²) in [6.07, 6.45) is 1.98. The molecular formula is C34H26N6O18S6. The Hall–Kier alpha value is -6.16. The zero-order valence-corrected chi connectivity index (χ0v) is 36.1.